The van der Waals surface area contributed by atoms with Crippen LogP contribution in [-0.4, -0.2) is 16.7 Å². The normalized spacial score (nSPS) is 19.4. The molecule has 2 aliphatic rings. The van der Waals surface area contributed by atoms with Gasteiger partial charge in [-0.2, -0.15) is 0 Å². The molecule has 1 aromatic rings. The summed E-state index contributed by atoms with van der Waals surface area (Å²) in [4.78, 5) is 28.2. The number of ketones is 1. The van der Waals surface area contributed by atoms with Gasteiger partial charge < -0.3 is 5.32 Å². The summed E-state index contributed by atoms with van der Waals surface area (Å²) in [6, 6.07) is 0. The monoisotopic (exact) mass is 236 g/mol. The Hall–Kier alpha value is -1.23. The Bertz CT molecular complexity index is 463. The molecular formula is C11H12N2O2S. The highest BCUT2D eigenvalue weighted by Gasteiger charge is 2.31. The number of amides is 1. The van der Waals surface area contributed by atoms with Crippen molar-refractivity contribution in [1.82, 2.24) is 4.98 Å². The SMILES string of the molecule is O=C1CCCc2nc(NC(=O)C3CC3)sc21. The van der Waals surface area contributed by atoms with Crippen LogP contribution in [0.4, 0.5) is 5.13 Å². The van der Waals surface area contributed by atoms with Gasteiger partial charge in [0.1, 0.15) is 0 Å². The highest BCUT2D eigenvalue weighted by atomic mass is 32.1. The molecule has 0 aliphatic heterocycles. The van der Waals surface area contributed by atoms with E-state index in [0.29, 0.717) is 11.6 Å². The van der Waals surface area contributed by atoms with Crippen molar-refractivity contribution in [3.63, 3.8) is 0 Å². The zero-order valence-electron chi connectivity index (χ0n) is 8.78. The number of nitrogens with zero attached hydrogens (tertiary/aromatic N) is 1. The molecule has 0 unspecified atom stereocenters. The fourth-order valence-electron chi connectivity index (χ4n) is 1.88. The maximum Gasteiger partial charge on any atom is 0.229 e. The van der Waals surface area contributed by atoms with Crippen molar-refractivity contribution >= 4 is 28.2 Å². The molecular weight excluding hydrogens is 224 g/mol. The Morgan fingerprint density at radius 2 is 2.19 bits per heavy atom. The van der Waals surface area contributed by atoms with Crippen LogP contribution in [0.1, 0.15) is 41.0 Å². The summed E-state index contributed by atoms with van der Waals surface area (Å²) in [5.41, 5.74) is 0.868. The van der Waals surface area contributed by atoms with Gasteiger partial charge in [0.25, 0.3) is 0 Å². The molecule has 1 heterocycles. The van der Waals surface area contributed by atoms with Gasteiger partial charge in [-0.15, -0.1) is 0 Å². The van der Waals surface area contributed by atoms with Crippen LogP contribution in [0.5, 0.6) is 0 Å². The second-order valence-corrected chi connectivity index (χ2v) is 5.33. The second kappa shape index (κ2) is 3.66. The Balaban J connectivity index is 1.80. The fraction of sp³-hybridized carbons (Fsp3) is 0.545. The lowest BCUT2D eigenvalue weighted by Gasteiger charge is -2.05. The minimum absolute atomic E-state index is 0.0542. The molecule has 2 aliphatic carbocycles. The van der Waals surface area contributed by atoms with E-state index in [1.165, 1.54) is 11.3 Å². The number of fused-ring (bicyclic) bond motifs is 1. The van der Waals surface area contributed by atoms with Crippen molar-refractivity contribution in [2.45, 2.75) is 32.1 Å². The molecule has 84 valence electrons. The van der Waals surface area contributed by atoms with Crippen molar-refractivity contribution < 1.29 is 9.59 Å². The van der Waals surface area contributed by atoms with Crippen LogP contribution in [0.15, 0.2) is 0 Å². The van der Waals surface area contributed by atoms with Gasteiger partial charge in [0.05, 0.1) is 10.6 Å². The van der Waals surface area contributed by atoms with Crippen LogP contribution < -0.4 is 5.32 Å². The smallest absolute Gasteiger partial charge is 0.229 e. The van der Waals surface area contributed by atoms with Crippen LogP contribution in [0.3, 0.4) is 0 Å². The van der Waals surface area contributed by atoms with E-state index in [-0.39, 0.29) is 17.6 Å². The Morgan fingerprint density at radius 3 is 2.88 bits per heavy atom. The highest BCUT2D eigenvalue weighted by molar-refractivity contribution is 7.17. The molecule has 4 nitrogen and oxygen atoms in total. The summed E-state index contributed by atoms with van der Waals surface area (Å²) in [6.07, 6.45) is 4.32. The maximum absolute atomic E-state index is 11.6. The van der Waals surface area contributed by atoms with E-state index >= 15 is 0 Å². The number of hydrogen-bond donors (Lipinski definition) is 1. The molecule has 3 rings (SSSR count). The average Bonchev–Trinajstić information content (AvgIpc) is 3.01. The Kier molecular flexibility index (Phi) is 2.28. The predicted octanol–water partition coefficient (Wildman–Crippen LogP) is 2.01. The molecule has 5 heteroatoms. The summed E-state index contributed by atoms with van der Waals surface area (Å²) in [5.74, 6) is 0.404. The van der Waals surface area contributed by atoms with Crippen LogP contribution in [0.25, 0.3) is 0 Å². The summed E-state index contributed by atoms with van der Waals surface area (Å²) < 4.78 is 0. The van der Waals surface area contributed by atoms with Gasteiger partial charge in [-0.05, 0) is 25.7 Å². The van der Waals surface area contributed by atoms with E-state index in [0.717, 1.165) is 36.3 Å². The van der Waals surface area contributed by atoms with Crippen LogP contribution >= 0.6 is 11.3 Å². The first kappa shape index (κ1) is 9.96. The molecule has 0 spiro atoms. The minimum atomic E-state index is 0.0542. The molecule has 0 atom stereocenters. The molecule has 0 bridgehead atoms. The first-order valence-corrected chi connectivity index (χ1v) is 6.39. The van der Waals surface area contributed by atoms with Crippen LogP contribution in [0, 0.1) is 5.92 Å². The van der Waals surface area contributed by atoms with Crippen molar-refractivity contribution in [1.29, 1.82) is 0 Å². The van der Waals surface area contributed by atoms with E-state index in [1.807, 2.05) is 0 Å². The molecule has 0 aromatic carbocycles. The Morgan fingerprint density at radius 1 is 1.38 bits per heavy atom. The molecule has 1 aromatic heterocycles. The van der Waals surface area contributed by atoms with Crippen LogP contribution in [-0.2, 0) is 11.2 Å². The van der Waals surface area contributed by atoms with E-state index in [9.17, 15) is 9.59 Å². The molecule has 16 heavy (non-hydrogen) atoms. The summed E-state index contributed by atoms with van der Waals surface area (Å²) in [5, 5.41) is 3.39. The van der Waals surface area contributed by atoms with E-state index in [4.69, 9.17) is 0 Å². The summed E-state index contributed by atoms with van der Waals surface area (Å²) in [7, 11) is 0. The van der Waals surface area contributed by atoms with E-state index < -0.39 is 0 Å². The fourth-order valence-corrected chi connectivity index (χ4v) is 2.86. The third kappa shape index (κ3) is 1.75. The number of hydrogen-bond acceptors (Lipinski definition) is 4. The van der Waals surface area contributed by atoms with Gasteiger partial charge in [-0.1, -0.05) is 11.3 Å². The van der Waals surface area contributed by atoms with Gasteiger partial charge in [0.15, 0.2) is 10.9 Å². The quantitative estimate of drug-likeness (QED) is 0.854. The van der Waals surface area contributed by atoms with E-state index in [2.05, 4.69) is 10.3 Å². The lowest BCUT2D eigenvalue weighted by Crippen LogP contribution is -2.13. The third-order valence-corrected chi connectivity index (χ3v) is 4.00. The molecule has 1 fully saturated rings. The van der Waals surface area contributed by atoms with Crippen molar-refractivity contribution in [2.24, 2.45) is 5.92 Å². The maximum atomic E-state index is 11.6. The number of Topliss-reactive ketones (excluding diaryl/α,β-unsaturated/α-hetero) is 1. The molecule has 1 amide bonds. The zero-order valence-corrected chi connectivity index (χ0v) is 9.60. The highest BCUT2D eigenvalue weighted by Crippen LogP contribution is 2.33. The van der Waals surface area contributed by atoms with Gasteiger partial charge in [0, 0.05) is 12.3 Å². The lowest BCUT2D eigenvalue weighted by atomic mass is 10.0. The number of nitrogens with one attached hydrogen (secondary N) is 1. The van der Waals surface area contributed by atoms with Crippen LogP contribution in [0.2, 0.25) is 0 Å². The molecule has 0 saturated heterocycles. The average molecular weight is 236 g/mol. The first-order valence-electron chi connectivity index (χ1n) is 5.58. The Labute approximate surface area is 97.1 Å². The number of anilines is 1. The number of carbonyl (C=O) groups excluding carboxylic acids is 2. The number of thiazole rings is 1. The molecule has 0 radical (unpaired) electrons. The number of rotatable bonds is 2. The summed E-state index contributed by atoms with van der Waals surface area (Å²) in [6.45, 7) is 0. The topological polar surface area (TPSA) is 59.1 Å². The predicted molar refractivity (Wildman–Crippen MR) is 60.7 cm³/mol. The first-order chi connectivity index (χ1) is 7.74. The van der Waals surface area contributed by atoms with E-state index in [1.54, 1.807) is 0 Å². The van der Waals surface area contributed by atoms with Gasteiger partial charge in [-0.3, -0.25) is 9.59 Å². The molecule has 1 saturated carbocycles. The molecule has 1 N–H and O–H groups in total. The zero-order chi connectivity index (χ0) is 11.1. The number of carbonyl (C=O) groups is 2. The number of aromatic nitrogens is 1. The lowest BCUT2D eigenvalue weighted by molar-refractivity contribution is -0.117. The van der Waals surface area contributed by atoms with Crippen molar-refractivity contribution in [2.75, 3.05) is 5.32 Å². The van der Waals surface area contributed by atoms with Gasteiger partial charge >= 0.3 is 0 Å². The standard InChI is InChI=1S/C11H12N2O2S/c14-8-3-1-2-7-9(8)16-11(12-7)13-10(15)6-4-5-6/h6H,1-5H2,(H,12,13,15). The largest absolute Gasteiger partial charge is 0.302 e. The van der Waals surface area contributed by atoms with Crippen molar-refractivity contribution in [3.8, 4) is 0 Å². The number of aryl methyl sites for hydroxylation is 1. The summed E-state index contributed by atoms with van der Waals surface area (Å²) >= 11 is 1.32. The van der Waals surface area contributed by atoms with Crippen molar-refractivity contribution in [3.05, 3.63) is 10.6 Å². The third-order valence-electron chi connectivity index (χ3n) is 2.95. The van der Waals surface area contributed by atoms with Gasteiger partial charge in [-0.25, -0.2) is 4.98 Å². The van der Waals surface area contributed by atoms with Gasteiger partial charge in [0.2, 0.25) is 5.91 Å². The second-order valence-electron chi connectivity index (χ2n) is 4.34. The minimum Gasteiger partial charge on any atom is -0.302 e.